The number of amides is 1. The summed E-state index contributed by atoms with van der Waals surface area (Å²) < 4.78 is 30.2. The third-order valence-electron chi connectivity index (χ3n) is 6.88. The van der Waals surface area contributed by atoms with Crippen LogP contribution in [0.1, 0.15) is 56.6 Å². The average Bonchev–Trinajstić information content (AvgIpc) is 3.03. The van der Waals surface area contributed by atoms with Crippen LogP contribution in [0.3, 0.4) is 0 Å². The van der Waals surface area contributed by atoms with Gasteiger partial charge in [0.05, 0.1) is 12.3 Å². The van der Waals surface area contributed by atoms with Crippen molar-refractivity contribution >= 4 is 46.1 Å². The molecule has 2 aliphatic rings. The topological polar surface area (TPSA) is 45.0 Å². The van der Waals surface area contributed by atoms with Crippen LogP contribution in [0.25, 0.3) is 4.85 Å². The minimum atomic E-state index is -0.961. The summed E-state index contributed by atoms with van der Waals surface area (Å²) in [6, 6.07) is 7.64. The van der Waals surface area contributed by atoms with Crippen molar-refractivity contribution in [3.63, 3.8) is 0 Å². The van der Waals surface area contributed by atoms with Gasteiger partial charge < -0.3 is 4.90 Å². The first-order valence-corrected chi connectivity index (χ1v) is 11.8. The Bertz CT molecular complexity index is 1230. The van der Waals surface area contributed by atoms with E-state index in [1.165, 1.54) is 30.0 Å². The SMILES string of the molecule is [C-]#[N+]c1ccc(N2C(=O)C3(CCC3)N(c3ccc(CCCC(=O)CC)c(F)c3)C2=S)c(F)c1C. The molecular weight excluding hydrogens is 456 g/mol. The summed E-state index contributed by atoms with van der Waals surface area (Å²) in [6.07, 6.45) is 3.77. The van der Waals surface area contributed by atoms with Gasteiger partial charge in [-0.3, -0.25) is 14.5 Å². The molecule has 2 aromatic carbocycles. The summed E-state index contributed by atoms with van der Waals surface area (Å²) in [6.45, 7) is 10.5. The van der Waals surface area contributed by atoms with Crippen molar-refractivity contribution in [3.8, 4) is 0 Å². The Hall–Kier alpha value is -3.18. The Morgan fingerprint density at radius 2 is 1.97 bits per heavy atom. The second-order valence-corrected chi connectivity index (χ2v) is 9.18. The standard InChI is InChI=1S/C26H25F2N3O2S/c1-4-19(32)8-5-7-17-9-10-18(15-20(17)27)31-25(34)30(24(33)26(31)13-6-14-26)22-12-11-21(29-3)16(2)23(22)28/h9-12,15H,4-8,13-14H2,1-2H3. The van der Waals surface area contributed by atoms with Crippen molar-refractivity contribution in [2.45, 2.75) is 64.3 Å². The van der Waals surface area contributed by atoms with Gasteiger partial charge in [-0.05, 0) is 80.6 Å². The first kappa shape index (κ1) is 24.0. The van der Waals surface area contributed by atoms with E-state index in [1.807, 2.05) is 6.92 Å². The Kier molecular flexibility index (Phi) is 6.50. The Balaban J connectivity index is 1.67. The summed E-state index contributed by atoms with van der Waals surface area (Å²) in [5, 5.41) is 0.0965. The Morgan fingerprint density at radius 1 is 1.24 bits per heavy atom. The molecule has 176 valence electrons. The van der Waals surface area contributed by atoms with Crippen molar-refractivity contribution in [2.75, 3.05) is 9.80 Å². The van der Waals surface area contributed by atoms with Crippen molar-refractivity contribution < 1.29 is 18.4 Å². The second kappa shape index (κ2) is 9.22. The molecule has 0 N–H and O–H groups in total. The number of carbonyl (C=O) groups excluding carboxylic acids is 2. The van der Waals surface area contributed by atoms with Gasteiger partial charge in [-0.25, -0.2) is 13.6 Å². The lowest BCUT2D eigenvalue weighted by atomic mass is 9.75. The smallest absolute Gasteiger partial charge is 0.259 e. The first-order chi connectivity index (χ1) is 16.2. The minimum absolute atomic E-state index is 0.00589. The van der Waals surface area contributed by atoms with Gasteiger partial charge in [0.25, 0.3) is 5.91 Å². The average molecular weight is 482 g/mol. The molecule has 0 radical (unpaired) electrons. The maximum absolute atomic E-state index is 15.2. The molecule has 0 aromatic heterocycles. The number of carbonyl (C=O) groups is 2. The molecule has 1 aliphatic carbocycles. The van der Waals surface area contributed by atoms with Gasteiger partial charge in [0.2, 0.25) is 0 Å². The molecule has 1 amide bonds. The molecule has 1 spiro atoms. The summed E-state index contributed by atoms with van der Waals surface area (Å²) in [5.74, 6) is -1.27. The molecule has 1 heterocycles. The predicted octanol–water partition coefficient (Wildman–Crippen LogP) is 6.19. The summed E-state index contributed by atoms with van der Waals surface area (Å²) in [7, 11) is 0. The molecule has 1 saturated carbocycles. The lowest BCUT2D eigenvalue weighted by Gasteiger charge is -2.43. The number of thiocarbonyl (C=S) groups is 1. The van der Waals surface area contributed by atoms with E-state index in [4.69, 9.17) is 18.8 Å². The zero-order valence-electron chi connectivity index (χ0n) is 19.2. The number of Topliss-reactive ketones (excluding diaryl/α,β-unsaturated/α-hetero) is 1. The number of hydrogen-bond acceptors (Lipinski definition) is 3. The molecule has 34 heavy (non-hydrogen) atoms. The van der Waals surface area contributed by atoms with E-state index < -0.39 is 17.2 Å². The van der Waals surface area contributed by atoms with Gasteiger partial charge in [-0.2, -0.15) is 0 Å². The molecule has 1 aliphatic heterocycles. The highest BCUT2D eigenvalue weighted by Crippen LogP contribution is 2.48. The van der Waals surface area contributed by atoms with E-state index >= 15 is 4.39 Å². The molecule has 1 saturated heterocycles. The number of hydrogen-bond donors (Lipinski definition) is 0. The van der Waals surface area contributed by atoms with Crippen LogP contribution in [0.2, 0.25) is 0 Å². The van der Waals surface area contributed by atoms with Gasteiger partial charge in [0, 0.05) is 18.5 Å². The van der Waals surface area contributed by atoms with Crippen LogP contribution >= 0.6 is 12.2 Å². The zero-order valence-corrected chi connectivity index (χ0v) is 20.0. The second-order valence-electron chi connectivity index (χ2n) is 8.82. The fourth-order valence-corrected chi connectivity index (χ4v) is 5.14. The summed E-state index contributed by atoms with van der Waals surface area (Å²) in [5.41, 5.74) is 0.318. The normalized spacial score (nSPS) is 16.7. The molecular formula is C26H25F2N3O2S. The third-order valence-corrected chi connectivity index (χ3v) is 7.25. The Labute approximate surface area is 203 Å². The number of anilines is 2. The highest BCUT2D eigenvalue weighted by Gasteiger charge is 2.60. The highest BCUT2D eigenvalue weighted by molar-refractivity contribution is 7.81. The minimum Gasteiger partial charge on any atom is -0.303 e. The molecule has 0 unspecified atom stereocenters. The van der Waals surface area contributed by atoms with E-state index in [2.05, 4.69) is 4.85 Å². The van der Waals surface area contributed by atoms with Gasteiger partial charge in [-0.1, -0.05) is 19.1 Å². The van der Waals surface area contributed by atoms with Crippen molar-refractivity contribution in [2.24, 2.45) is 0 Å². The number of nitrogens with zero attached hydrogens (tertiary/aromatic N) is 3. The predicted molar refractivity (Wildman–Crippen MR) is 131 cm³/mol. The lowest BCUT2D eigenvalue weighted by Crippen LogP contribution is -2.55. The molecule has 4 rings (SSSR count). The zero-order chi connectivity index (χ0) is 24.6. The van der Waals surface area contributed by atoms with E-state index in [0.29, 0.717) is 49.8 Å². The van der Waals surface area contributed by atoms with E-state index in [1.54, 1.807) is 17.0 Å². The Morgan fingerprint density at radius 3 is 2.56 bits per heavy atom. The van der Waals surface area contributed by atoms with Crippen LogP contribution in [-0.4, -0.2) is 22.3 Å². The van der Waals surface area contributed by atoms with Gasteiger partial charge in [-0.15, -0.1) is 0 Å². The summed E-state index contributed by atoms with van der Waals surface area (Å²) >= 11 is 5.65. The van der Waals surface area contributed by atoms with Crippen LogP contribution < -0.4 is 9.80 Å². The van der Waals surface area contributed by atoms with Crippen molar-refractivity contribution in [1.29, 1.82) is 0 Å². The molecule has 5 nitrogen and oxygen atoms in total. The molecule has 0 atom stereocenters. The fraction of sp³-hybridized carbons (Fsp3) is 0.385. The molecule has 2 fully saturated rings. The van der Waals surface area contributed by atoms with Gasteiger partial charge in [0.1, 0.15) is 23.0 Å². The lowest BCUT2D eigenvalue weighted by molar-refractivity contribution is -0.124. The number of aryl methyl sites for hydroxylation is 1. The molecule has 0 bridgehead atoms. The van der Waals surface area contributed by atoms with Crippen LogP contribution in [-0.2, 0) is 16.0 Å². The number of halogens is 2. The fourth-order valence-electron chi connectivity index (χ4n) is 4.68. The van der Waals surface area contributed by atoms with Gasteiger partial charge in [0.15, 0.2) is 10.8 Å². The number of ketones is 1. The highest BCUT2D eigenvalue weighted by atomic mass is 32.1. The van der Waals surface area contributed by atoms with E-state index in [0.717, 1.165) is 6.42 Å². The van der Waals surface area contributed by atoms with E-state index in [9.17, 15) is 14.0 Å². The van der Waals surface area contributed by atoms with Crippen molar-refractivity contribution in [1.82, 2.24) is 0 Å². The van der Waals surface area contributed by atoms with E-state index in [-0.39, 0.29) is 33.7 Å². The molecule has 2 aromatic rings. The first-order valence-electron chi connectivity index (χ1n) is 11.4. The van der Waals surface area contributed by atoms with Crippen LogP contribution in [0, 0.1) is 25.1 Å². The maximum atomic E-state index is 15.2. The largest absolute Gasteiger partial charge is 0.303 e. The maximum Gasteiger partial charge on any atom is 0.259 e. The monoisotopic (exact) mass is 481 g/mol. The number of rotatable bonds is 7. The van der Waals surface area contributed by atoms with Crippen LogP contribution in [0.15, 0.2) is 30.3 Å². The van der Waals surface area contributed by atoms with Crippen LogP contribution in [0.5, 0.6) is 0 Å². The molecule has 8 heteroatoms. The summed E-state index contributed by atoms with van der Waals surface area (Å²) in [4.78, 5) is 31.2. The van der Waals surface area contributed by atoms with Gasteiger partial charge >= 0.3 is 0 Å². The quantitative estimate of drug-likeness (QED) is 0.350. The van der Waals surface area contributed by atoms with Crippen LogP contribution in [0.4, 0.5) is 25.8 Å². The van der Waals surface area contributed by atoms with Crippen molar-refractivity contribution in [3.05, 3.63) is 64.5 Å². The number of benzene rings is 2. The third kappa shape index (κ3) is 3.78.